The number of nitrogens with two attached hydrogens (primary N) is 1. The molecule has 0 saturated carbocycles. The van der Waals surface area contributed by atoms with Gasteiger partial charge in [0.25, 0.3) is 0 Å². The number of allylic oxidation sites excluding steroid dienone is 2. The number of likely N-dealkylation sites (tertiary alicyclic amines) is 3. The molecule has 7 N–H and O–H groups in total. The van der Waals surface area contributed by atoms with Gasteiger partial charge < -0.3 is 29.7 Å². The Bertz CT molecular complexity index is 3750. The number of alkyl halides is 2. The van der Waals surface area contributed by atoms with Gasteiger partial charge in [0.2, 0.25) is 11.8 Å². The number of hydrogen-bond acceptors (Lipinski definition) is 18. The van der Waals surface area contributed by atoms with E-state index in [1.165, 1.54) is 28.5 Å². The Kier molecular flexibility index (Phi) is 49.9. The van der Waals surface area contributed by atoms with Crippen molar-refractivity contribution in [3.05, 3.63) is 258 Å². The molecule has 0 radical (unpaired) electrons. The Morgan fingerprint density at radius 1 is 0.509 bits per heavy atom. The molecule has 606 valence electrons. The summed E-state index contributed by atoms with van der Waals surface area (Å²) in [6, 6.07) is 55.7. The average molecular weight is 1560 g/mol. The monoisotopic (exact) mass is 1560 g/mol. The quantitative estimate of drug-likeness (QED) is 0.00321. The first-order valence-electron chi connectivity index (χ1n) is 39.0. The van der Waals surface area contributed by atoms with Gasteiger partial charge in [-0.15, -0.1) is 24.8 Å². The van der Waals surface area contributed by atoms with Crippen LogP contribution < -0.4 is 22.0 Å². The Morgan fingerprint density at radius 2 is 0.875 bits per heavy atom. The number of pyridine rings is 1. The van der Waals surface area contributed by atoms with E-state index in [1.807, 2.05) is 68.4 Å². The molecule has 4 fully saturated rings. The number of nitrogens with one attached hydrogen (secondary N) is 3. The number of halogens is 2. The van der Waals surface area contributed by atoms with Crippen LogP contribution in [0.15, 0.2) is 213 Å². The van der Waals surface area contributed by atoms with Crippen molar-refractivity contribution >= 4 is 53.8 Å². The normalized spacial score (nSPS) is 14.5. The zero-order chi connectivity index (χ0) is 81.2. The summed E-state index contributed by atoms with van der Waals surface area (Å²) in [7, 11) is 0.500. The van der Waals surface area contributed by atoms with Crippen LogP contribution in [0, 0.1) is 23.7 Å². The summed E-state index contributed by atoms with van der Waals surface area (Å²) in [6.07, 6.45) is 21.3. The molecule has 7 aromatic rings. The minimum absolute atomic E-state index is 0.0376. The first-order valence-corrected chi connectivity index (χ1v) is 39.5. The number of carbonyl (C=O) groups is 6. The van der Waals surface area contributed by atoms with Gasteiger partial charge in [0.05, 0.1) is 45.2 Å². The number of piperidine rings is 4. The van der Waals surface area contributed by atoms with Crippen LogP contribution in [0.5, 0.6) is 11.5 Å². The largest absolute Gasteiger partial charge is 0.507 e. The molecule has 5 heterocycles. The second-order valence-corrected chi connectivity index (χ2v) is 27.6. The van der Waals surface area contributed by atoms with E-state index >= 15 is 0 Å². The highest BCUT2D eigenvalue weighted by Gasteiger charge is 2.25. The van der Waals surface area contributed by atoms with Crippen LogP contribution in [0.2, 0.25) is 0 Å². The first kappa shape index (κ1) is 94.6. The number of hydrogen-bond donors (Lipinski definition) is 6. The zero-order valence-corrected chi connectivity index (χ0v) is 67.0. The van der Waals surface area contributed by atoms with Gasteiger partial charge in [0.1, 0.15) is 11.5 Å². The van der Waals surface area contributed by atoms with Crippen molar-refractivity contribution in [1.82, 2.24) is 35.9 Å². The summed E-state index contributed by atoms with van der Waals surface area (Å²) in [5, 5.41) is 26.9. The van der Waals surface area contributed by atoms with E-state index in [-0.39, 0.29) is 41.2 Å². The topological polar surface area (TPSA) is 268 Å². The lowest BCUT2D eigenvalue weighted by molar-refractivity contribution is -0.145. The van der Waals surface area contributed by atoms with E-state index in [4.69, 9.17) is 31.7 Å². The fourth-order valence-electron chi connectivity index (χ4n) is 12.9. The summed E-state index contributed by atoms with van der Waals surface area (Å²) in [5.74, 6) is 7.50. The number of carbonyl (C=O) groups excluding carboxylic acids is 6. The Labute approximate surface area is 669 Å². The van der Waals surface area contributed by atoms with E-state index in [2.05, 4.69) is 133 Å². The maximum absolute atomic E-state index is 12.2. The molecule has 22 heteroatoms. The van der Waals surface area contributed by atoms with Crippen LogP contribution >= 0.6 is 11.6 Å². The fourth-order valence-corrected chi connectivity index (χ4v) is 13.1. The molecule has 0 bridgehead atoms. The van der Waals surface area contributed by atoms with Crippen LogP contribution in [0.25, 0.3) is 0 Å². The number of phenols is 2. The smallest absolute Gasteiger partial charge is 0.310 e. The lowest BCUT2D eigenvalue weighted by atomic mass is 9.93. The van der Waals surface area contributed by atoms with Crippen LogP contribution in [0.1, 0.15) is 153 Å². The molecular formula is C90H121ClFN9O11. The van der Waals surface area contributed by atoms with E-state index in [1.54, 1.807) is 67.9 Å². The maximum Gasteiger partial charge on any atom is 0.310 e. The zero-order valence-electron chi connectivity index (χ0n) is 66.2. The minimum atomic E-state index is -0.191. The highest BCUT2D eigenvalue weighted by atomic mass is 35.5. The summed E-state index contributed by atoms with van der Waals surface area (Å²) in [5.41, 5.74) is 13.4. The Morgan fingerprint density at radius 3 is 1.25 bits per heavy atom. The number of aromatic nitrogens is 1. The van der Waals surface area contributed by atoms with Crippen LogP contribution in [0.3, 0.4) is 0 Å². The lowest BCUT2D eigenvalue weighted by Gasteiger charge is -2.31. The van der Waals surface area contributed by atoms with Crippen molar-refractivity contribution in [2.24, 2.45) is 34.6 Å². The summed E-state index contributed by atoms with van der Waals surface area (Å²) < 4.78 is 24.2. The lowest BCUT2D eigenvalue weighted by Crippen LogP contribution is -2.37. The molecule has 4 aliphatic rings. The Balaban J connectivity index is 0.000000284. The summed E-state index contributed by atoms with van der Waals surface area (Å²) >= 11 is 5.53. The predicted octanol–water partition coefficient (Wildman–Crippen LogP) is 15.1. The number of amides is 2. The second-order valence-electron chi connectivity index (χ2n) is 27.4. The van der Waals surface area contributed by atoms with Gasteiger partial charge in [-0.25, -0.2) is 11.3 Å². The van der Waals surface area contributed by atoms with E-state index < -0.39 is 0 Å². The molecule has 20 nitrogen and oxygen atoms in total. The number of aromatic hydroxyl groups is 2. The number of hydrazine groups is 1. The number of nitrogens with zero attached hydrogens (tertiary/aromatic N) is 5. The van der Waals surface area contributed by atoms with Gasteiger partial charge >= 0.3 is 17.9 Å². The number of rotatable bonds is 27. The number of para-hydroxylation sites is 2. The first-order chi connectivity index (χ1) is 54.6. The highest BCUT2D eigenvalue weighted by Crippen LogP contribution is 2.27. The summed E-state index contributed by atoms with van der Waals surface area (Å²) in [4.78, 5) is 78.5. The number of hydrazone groups is 1. The van der Waals surface area contributed by atoms with Gasteiger partial charge in [-0.05, 0) is 224 Å². The van der Waals surface area contributed by atoms with Gasteiger partial charge in [0.15, 0.2) is 6.29 Å². The fraction of sp³-hybridized carbons (Fsp3) is 0.422. The van der Waals surface area contributed by atoms with Gasteiger partial charge in [0, 0.05) is 69.2 Å². The summed E-state index contributed by atoms with van der Waals surface area (Å²) in [6.45, 7) is 25.6. The number of benzene rings is 6. The highest BCUT2D eigenvalue weighted by molar-refractivity contribution is 6.17. The molecule has 0 unspecified atom stereocenters. The van der Waals surface area contributed by atoms with Crippen molar-refractivity contribution in [2.75, 3.05) is 79.4 Å². The number of ether oxygens (including phenoxy) is 3. The number of aldehydes is 1. The third-order valence-electron chi connectivity index (χ3n) is 18.9. The standard InChI is InChI=1S/C24H29N3O2.C16H23NO2.C14H21N3O.C10H10O2.C9H17NO2.C9H11NO2.C7H7Cl.CH3F/c1-2-7-21-10-6-11-22(24(21)29)17-25-26-23(28)16-19-12-14-27(15-13-19)18-20-8-4-3-5-9-20;1-2-19-16(18)12-14-8-10-17(11-9-14)13-15-6-4-3-5-7-15;15-16-14(18)10-12-6-8-17(9-7-12)11-13-4-2-1-3-5-13;1-2-4-8-5-3-6-9(7-11)10(8)12;2*1-2-12-9(11)7-8-3-5-10-6-4-8;8-6-7-4-2-1-3-5-7;1-2/h2-6,8-11,17,19,29H,1,7,12-16,18H2,(H,26,28);3-7,14H,2,8-13H2,1H3;1-5,12H,6-11,15H2,(H,16,18);2-3,5-7,12H,1,4H2;8,10H,2-7H2,1H3;3-6H,2,7H2,1H3;1-5H,6H2;1H3/b25-17+;;;;;;;. The molecule has 11 rings (SSSR count). The van der Waals surface area contributed by atoms with Crippen molar-refractivity contribution < 1.29 is 57.6 Å². The Hall–Kier alpha value is -9.74. The van der Waals surface area contributed by atoms with Crippen molar-refractivity contribution in [3.8, 4) is 11.5 Å². The number of esters is 3. The third-order valence-corrected chi connectivity index (χ3v) is 19.2. The second kappa shape index (κ2) is 59.1. The minimum Gasteiger partial charge on any atom is -0.507 e. The maximum atomic E-state index is 12.2. The van der Waals surface area contributed by atoms with Crippen molar-refractivity contribution in [3.63, 3.8) is 0 Å². The SMILES string of the molecule is C=CCc1cccc(/C=N/NC(=O)CC2CCN(Cc3ccccc3)CC2)c1O.C=CCc1cccc(C=O)c1O.CCOC(=O)CC1CCN(Cc2ccccc2)CC1.CCOC(=O)CC1CCNCC1.CCOC(=O)Cc1ccncc1.CF.ClCc1ccccc1.NNC(=O)CC1CCN(Cc2ccccc2)CC1. The molecular weight excluding hydrogens is 1440 g/mol. The molecule has 2 amide bonds. The van der Waals surface area contributed by atoms with Crippen LogP contribution in [-0.2, 0) is 83.0 Å². The molecule has 4 saturated heterocycles. The van der Waals surface area contributed by atoms with Gasteiger partial charge in [-0.1, -0.05) is 158 Å². The molecule has 6 aromatic carbocycles. The van der Waals surface area contributed by atoms with Crippen LogP contribution in [-0.4, -0.2) is 151 Å². The molecule has 112 heavy (non-hydrogen) atoms. The van der Waals surface area contributed by atoms with Gasteiger partial charge in [-0.2, -0.15) is 5.10 Å². The molecule has 0 spiro atoms. The van der Waals surface area contributed by atoms with Crippen molar-refractivity contribution in [1.29, 1.82) is 0 Å². The molecule has 0 aliphatic carbocycles. The van der Waals surface area contributed by atoms with Crippen LogP contribution in [0.4, 0.5) is 4.39 Å². The van der Waals surface area contributed by atoms with E-state index in [0.29, 0.717) is 119 Å². The predicted molar refractivity (Wildman–Crippen MR) is 446 cm³/mol. The molecule has 0 atom stereocenters. The molecule has 1 aromatic heterocycles. The number of phenolic OH excluding ortho intramolecular Hbond substituents is 2. The van der Waals surface area contributed by atoms with Crippen molar-refractivity contribution in [2.45, 2.75) is 143 Å². The van der Waals surface area contributed by atoms with Gasteiger partial charge in [-0.3, -0.25) is 58.3 Å². The third kappa shape index (κ3) is 41.0. The van der Waals surface area contributed by atoms with E-state index in [9.17, 15) is 43.4 Å². The molecule has 4 aliphatic heterocycles. The average Bonchev–Trinajstić information content (AvgIpc) is 0.897. The van der Waals surface area contributed by atoms with E-state index in [0.717, 1.165) is 140 Å².